The van der Waals surface area contributed by atoms with E-state index in [9.17, 15) is 14.4 Å². The second kappa shape index (κ2) is 9.14. The fraction of sp³-hybridized carbons (Fsp3) is 0.0455. The molecule has 3 aromatic carbocycles. The molecule has 0 atom stereocenters. The third kappa shape index (κ3) is 5.04. The average molecular weight is 376 g/mol. The highest BCUT2D eigenvalue weighted by Gasteiger charge is 2.25. The van der Waals surface area contributed by atoms with Crippen LogP contribution in [0, 0.1) is 0 Å². The Balaban J connectivity index is 1.76. The predicted octanol–water partition coefficient (Wildman–Crippen LogP) is 3.84. The molecule has 0 spiro atoms. The molecule has 0 amide bonds. The van der Waals surface area contributed by atoms with E-state index in [1.807, 2.05) is 0 Å². The van der Waals surface area contributed by atoms with Crippen LogP contribution in [0.1, 0.15) is 31.1 Å². The number of esters is 3. The van der Waals surface area contributed by atoms with Gasteiger partial charge in [0.25, 0.3) is 0 Å². The summed E-state index contributed by atoms with van der Waals surface area (Å²) in [6, 6.07) is 24.3. The second-order valence-corrected chi connectivity index (χ2v) is 5.60. The van der Waals surface area contributed by atoms with Crippen LogP contribution in [0.25, 0.3) is 0 Å². The Morgan fingerprint density at radius 2 is 0.714 bits per heavy atom. The molecule has 6 heteroatoms. The summed E-state index contributed by atoms with van der Waals surface area (Å²) in [4.78, 5) is 36.9. The van der Waals surface area contributed by atoms with Gasteiger partial charge in [-0.1, -0.05) is 54.6 Å². The van der Waals surface area contributed by atoms with Crippen molar-refractivity contribution < 1.29 is 28.6 Å². The van der Waals surface area contributed by atoms with Crippen molar-refractivity contribution in [2.24, 2.45) is 0 Å². The first-order valence-corrected chi connectivity index (χ1v) is 8.41. The van der Waals surface area contributed by atoms with Crippen LogP contribution < -0.4 is 0 Å². The van der Waals surface area contributed by atoms with Gasteiger partial charge in [0.05, 0.1) is 16.7 Å². The van der Waals surface area contributed by atoms with Crippen LogP contribution in [0.4, 0.5) is 0 Å². The molecule has 3 rings (SSSR count). The lowest BCUT2D eigenvalue weighted by molar-refractivity contribution is -0.202. The summed E-state index contributed by atoms with van der Waals surface area (Å²) in [6.07, 6.45) is 0. The summed E-state index contributed by atoms with van der Waals surface area (Å²) in [6.45, 7) is -1.84. The summed E-state index contributed by atoms with van der Waals surface area (Å²) < 4.78 is 15.3. The number of hydrogen-bond donors (Lipinski definition) is 0. The number of rotatable bonds is 6. The molecule has 0 radical (unpaired) electrons. The lowest BCUT2D eigenvalue weighted by atomic mass is 10.2. The molecule has 0 heterocycles. The highest BCUT2D eigenvalue weighted by Crippen LogP contribution is 2.12. The Hall–Kier alpha value is -3.93. The number of carbonyl (C=O) groups excluding carboxylic acids is 3. The van der Waals surface area contributed by atoms with Gasteiger partial charge in [-0.2, -0.15) is 0 Å². The topological polar surface area (TPSA) is 78.9 Å². The van der Waals surface area contributed by atoms with E-state index in [1.54, 1.807) is 54.6 Å². The van der Waals surface area contributed by atoms with Gasteiger partial charge in [-0.15, -0.1) is 0 Å². The van der Waals surface area contributed by atoms with Crippen molar-refractivity contribution in [3.05, 3.63) is 108 Å². The molecule has 0 unspecified atom stereocenters. The van der Waals surface area contributed by atoms with Gasteiger partial charge >= 0.3 is 24.4 Å². The predicted molar refractivity (Wildman–Crippen MR) is 99.4 cm³/mol. The van der Waals surface area contributed by atoms with Gasteiger partial charge in [0, 0.05) is 0 Å². The van der Waals surface area contributed by atoms with Crippen molar-refractivity contribution in [1.29, 1.82) is 0 Å². The highest BCUT2D eigenvalue weighted by atomic mass is 16.9. The van der Waals surface area contributed by atoms with Gasteiger partial charge < -0.3 is 14.2 Å². The van der Waals surface area contributed by atoms with E-state index in [4.69, 9.17) is 14.2 Å². The molecule has 0 aromatic heterocycles. The third-order valence-electron chi connectivity index (χ3n) is 3.64. The Labute approximate surface area is 161 Å². The van der Waals surface area contributed by atoms with Crippen LogP contribution in [-0.2, 0) is 14.2 Å². The van der Waals surface area contributed by atoms with Crippen LogP contribution in [0.2, 0.25) is 0 Å². The number of ether oxygens (including phenoxy) is 3. The minimum atomic E-state index is -1.84. The Morgan fingerprint density at radius 3 is 0.964 bits per heavy atom. The fourth-order valence-electron chi connectivity index (χ4n) is 2.26. The Morgan fingerprint density at radius 1 is 0.464 bits per heavy atom. The minimum absolute atomic E-state index is 0.221. The van der Waals surface area contributed by atoms with E-state index >= 15 is 0 Å². The first-order chi connectivity index (χ1) is 13.6. The molecule has 0 saturated heterocycles. The SMILES string of the molecule is O=C(OC(OC(=O)c1ccccc1)OC(=O)c1ccccc1)c1ccccc1. The van der Waals surface area contributed by atoms with Crippen LogP contribution >= 0.6 is 0 Å². The van der Waals surface area contributed by atoms with Gasteiger partial charge in [-0.05, 0) is 36.4 Å². The van der Waals surface area contributed by atoms with E-state index < -0.39 is 24.4 Å². The summed E-state index contributed by atoms with van der Waals surface area (Å²) in [5, 5.41) is 0. The quantitative estimate of drug-likeness (QED) is 0.480. The van der Waals surface area contributed by atoms with E-state index in [0.717, 1.165) is 0 Å². The van der Waals surface area contributed by atoms with Gasteiger partial charge in [0.15, 0.2) is 0 Å². The number of carbonyl (C=O) groups is 3. The van der Waals surface area contributed by atoms with Crippen LogP contribution in [0.15, 0.2) is 91.0 Å². The molecule has 0 aliphatic heterocycles. The smallest absolute Gasteiger partial charge is 0.387 e. The highest BCUT2D eigenvalue weighted by molar-refractivity contribution is 5.92. The number of benzene rings is 3. The first kappa shape index (κ1) is 18.8. The molecule has 0 fully saturated rings. The van der Waals surface area contributed by atoms with E-state index in [2.05, 4.69) is 0 Å². The maximum Gasteiger partial charge on any atom is 0.413 e. The summed E-state index contributed by atoms with van der Waals surface area (Å²) in [5.41, 5.74) is 0.664. The molecule has 140 valence electrons. The van der Waals surface area contributed by atoms with Crippen molar-refractivity contribution in [1.82, 2.24) is 0 Å². The molecule has 6 nitrogen and oxygen atoms in total. The number of hydrogen-bond acceptors (Lipinski definition) is 6. The molecule has 0 N–H and O–H groups in total. The first-order valence-electron chi connectivity index (χ1n) is 8.41. The summed E-state index contributed by atoms with van der Waals surface area (Å²) in [5.74, 6) is -2.40. The largest absolute Gasteiger partial charge is 0.413 e. The van der Waals surface area contributed by atoms with Crippen LogP contribution in [-0.4, -0.2) is 24.4 Å². The normalized spacial score (nSPS) is 10.2. The van der Waals surface area contributed by atoms with Gasteiger partial charge in [0.1, 0.15) is 0 Å². The Bertz CT molecular complexity index is 811. The lowest BCUT2D eigenvalue weighted by Gasteiger charge is -2.18. The van der Waals surface area contributed by atoms with Gasteiger partial charge in [0.2, 0.25) is 0 Å². The molecule has 0 aliphatic rings. The Kier molecular flexibility index (Phi) is 6.15. The van der Waals surface area contributed by atoms with E-state index in [-0.39, 0.29) is 16.7 Å². The molecular formula is C22H16O6. The maximum absolute atomic E-state index is 12.3. The van der Waals surface area contributed by atoms with Crippen LogP contribution in [0.3, 0.4) is 0 Å². The van der Waals surface area contributed by atoms with Crippen LogP contribution in [0.5, 0.6) is 0 Å². The average Bonchev–Trinajstić information content (AvgIpc) is 2.75. The van der Waals surface area contributed by atoms with Crippen molar-refractivity contribution in [3.63, 3.8) is 0 Å². The lowest BCUT2D eigenvalue weighted by Crippen LogP contribution is -2.30. The van der Waals surface area contributed by atoms with E-state index in [1.165, 1.54) is 36.4 Å². The fourth-order valence-corrected chi connectivity index (χ4v) is 2.26. The van der Waals surface area contributed by atoms with Crippen molar-refractivity contribution in [2.75, 3.05) is 0 Å². The second-order valence-electron chi connectivity index (χ2n) is 5.60. The van der Waals surface area contributed by atoms with Crippen molar-refractivity contribution in [2.45, 2.75) is 6.48 Å². The molecule has 0 saturated carbocycles. The zero-order valence-electron chi connectivity index (χ0n) is 14.7. The van der Waals surface area contributed by atoms with Crippen molar-refractivity contribution in [3.8, 4) is 0 Å². The standard InChI is InChI=1S/C22H16O6/c23-19(16-10-4-1-5-11-16)26-22(27-20(24)17-12-6-2-7-13-17)28-21(25)18-14-8-3-9-15-18/h1-15,22H. The van der Waals surface area contributed by atoms with Crippen molar-refractivity contribution >= 4 is 17.9 Å². The summed E-state index contributed by atoms with van der Waals surface area (Å²) >= 11 is 0. The molecule has 0 bridgehead atoms. The zero-order chi connectivity index (χ0) is 19.8. The molecule has 0 aliphatic carbocycles. The molecular weight excluding hydrogens is 360 g/mol. The summed E-state index contributed by atoms with van der Waals surface area (Å²) in [7, 11) is 0. The maximum atomic E-state index is 12.3. The molecule has 28 heavy (non-hydrogen) atoms. The zero-order valence-corrected chi connectivity index (χ0v) is 14.7. The van der Waals surface area contributed by atoms with Gasteiger partial charge in [-0.25, -0.2) is 14.4 Å². The third-order valence-corrected chi connectivity index (χ3v) is 3.64. The minimum Gasteiger partial charge on any atom is -0.387 e. The van der Waals surface area contributed by atoms with E-state index in [0.29, 0.717) is 0 Å². The monoisotopic (exact) mass is 376 g/mol. The molecule has 3 aromatic rings. The van der Waals surface area contributed by atoms with Gasteiger partial charge in [-0.3, -0.25) is 0 Å².